The van der Waals surface area contributed by atoms with E-state index in [9.17, 15) is 0 Å². The lowest BCUT2D eigenvalue weighted by molar-refractivity contribution is 1.28. The molecule has 1 nitrogen and oxygen atoms in total. The zero-order valence-corrected chi connectivity index (χ0v) is 24.8. The van der Waals surface area contributed by atoms with Crippen LogP contribution in [0.25, 0.3) is 24.3 Å². The smallest absolute Gasteiger partial charge is 0.0462 e. The van der Waals surface area contributed by atoms with Crippen molar-refractivity contribution in [2.75, 3.05) is 4.90 Å². The summed E-state index contributed by atoms with van der Waals surface area (Å²) in [6.07, 6.45) is 8.58. The van der Waals surface area contributed by atoms with Gasteiger partial charge in [-0.05, 0) is 72.5 Å². The second-order valence-corrected chi connectivity index (χ2v) is 10.5. The summed E-state index contributed by atoms with van der Waals surface area (Å²) in [6, 6.07) is 57.0. The van der Waals surface area contributed by atoms with E-state index in [0.29, 0.717) is 0 Å². The Bertz CT molecular complexity index is 1690. The van der Waals surface area contributed by atoms with E-state index in [1.807, 2.05) is 18.2 Å². The van der Waals surface area contributed by atoms with E-state index in [-0.39, 0.29) is 0 Å². The third-order valence-corrected chi connectivity index (χ3v) is 7.04. The van der Waals surface area contributed by atoms with Crippen LogP contribution < -0.4 is 4.90 Å². The molecule has 0 saturated carbocycles. The van der Waals surface area contributed by atoms with Crippen molar-refractivity contribution >= 4 is 41.4 Å². The standard InChI is InChI=1S/C27H23N.C15H14/c1-22-9-8-10-24(21-22)16-15-23-17-19-27(20-18-23)28(25-11-4-2-5-12-25)26-13-6-3-7-14-26;1-13-7-9-15(10-8-13)12-11-14-5-3-2-4-6-14/h2-21H,1H3;2-12H,1H3/b16-15+;12-11+. The van der Waals surface area contributed by atoms with Gasteiger partial charge in [0.1, 0.15) is 0 Å². The molecule has 0 aromatic heterocycles. The summed E-state index contributed by atoms with van der Waals surface area (Å²) < 4.78 is 0. The molecule has 0 atom stereocenters. The number of rotatable bonds is 7. The van der Waals surface area contributed by atoms with E-state index in [1.165, 1.54) is 33.4 Å². The molecule has 1 heteroatoms. The van der Waals surface area contributed by atoms with Crippen LogP contribution in [0.5, 0.6) is 0 Å². The highest BCUT2D eigenvalue weighted by Gasteiger charge is 2.11. The monoisotopic (exact) mass is 555 g/mol. The van der Waals surface area contributed by atoms with Crippen molar-refractivity contribution in [1.29, 1.82) is 0 Å². The zero-order chi connectivity index (χ0) is 29.7. The van der Waals surface area contributed by atoms with Gasteiger partial charge in [0.05, 0.1) is 0 Å². The highest BCUT2D eigenvalue weighted by Crippen LogP contribution is 2.34. The topological polar surface area (TPSA) is 3.24 Å². The average molecular weight is 556 g/mol. The first-order valence-electron chi connectivity index (χ1n) is 14.7. The molecule has 43 heavy (non-hydrogen) atoms. The summed E-state index contributed by atoms with van der Waals surface area (Å²) in [7, 11) is 0. The number of nitrogens with zero attached hydrogens (tertiary/aromatic N) is 1. The molecule has 0 radical (unpaired) electrons. The van der Waals surface area contributed by atoms with Crippen LogP contribution in [0.3, 0.4) is 0 Å². The van der Waals surface area contributed by atoms with E-state index in [1.54, 1.807) is 0 Å². The van der Waals surface area contributed by atoms with Gasteiger partial charge in [0.15, 0.2) is 0 Å². The number of hydrogen-bond acceptors (Lipinski definition) is 1. The molecule has 0 bridgehead atoms. The lowest BCUT2D eigenvalue weighted by Gasteiger charge is -2.25. The van der Waals surface area contributed by atoms with Crippen LogP contribution in [-0.4, -0.2) is 0 Å². The summed E-state index contributed by atoms with van der Waals surface area (Å²) in [5, 5.41) is 0. The molecule has 0 saturated heterocycles. The minimum Gasteiger partial charge on any atom is -0.311 e. The fourth-order valence-corrected chi connectivity index (χ4v) is 4.74. The van der Waals surface area contributed by atoms with Crippen LogP contribution in [0.15, 0.2) is 164 Å². The number of anilines is 3. The molecule has 210 valence electrons. The maximum atomic E-state index is 2.27. The molecule has 0 amide bonds. The maximum absolute atomic E-state index is 2.27. The van der Waals surface area contributed by atoms with Gasteiger partial charge in [0.2, 0.25) is 0 Å². The van der Waals surface area contributed by atoms with Crippen LogP contribution in [0.1, 0.15) is 33.4 Å². The number of hydrogen-bond donors (Lipinski definition) is 0. The van der Waals surface area contributed by atoms with Crippen molar-refractivity contribution in [2.24, 2.45) is 0 Å². The van der Waals surface area contributed by atoms with Crippen molar-refractivity contribution in [3.8, 4) is 0 Å². The second kappa shape index (κ2) is 15.0. The number of aryl methyl sites for hydroxylation is 2. The van der Waals surface area contributed by atoms with Crippen molar-refractivity contribution in [3.63, 3.8) is 0 Å². The third kappa shape index (κ3) is 8.79. The molecular formula is C42H37N. The quantitative estimate of drug-likeness (QED) is 0.177. The Morgan fingerprint density at radius 2 is 0.721 bits per heavy atom. The van der Waals surface area contributed by atoms with E-state index >= 15 is 0 Å². The average Bonchev–Trinajstić information content (AvgIpc) is 3.06. The molecule has 0 heterocycles. The van der Waals surface area contributed by atoms with Gasteiger partial charge in [-0.25, -0.2) is 0 Å². The van der Waals surface area contributed by atoms with E-state index in [0.717, 1.165) is 17.1 Å². The molecule has 0 aliphatic heterocycles. The highest BCUT2D eigenvalue weighted by atomic mass is 15.1. The predicted octanol–water partition coefficient (Wildman–Crippen LogP) is 11.8. The van der Waals surface area contributed by atoms with Crippen LogP contribution in [-0.2, 0) is 0 Å². The van der Waals surface area contributed by atoms with Crippen LogP contribution in [0.4, 0.5) is 17.1 Å². The third-order valence-electron chi connectivity index (χ3n) is 7.04. The minimum atomic E-state index is 1.14. The van der Waals surface area contributed by atoms with Crippen molar-refractivity contribution < 1.29 is 0 Å². The molecule has 0 spiro atoms. The molecular weight excluding hydrogens is 518 g/mol. The SMILES string of the molecule is Cc1ccc(/C=C/c2ccccc2)cc1.Cc1cccc(/C=C/c2ccc(N(c3ccccc3)c3ccccc3)cc2)c1. The van der Waals surface area contributed by atoms with Crippen LogP contribution >= 0.6 is 0 Å². The van der Waals surface area contributed by atoms with Crippen LogP contribution in [0, 0.1) is 13.8 Å². The lowest BCUT2D eigenvalue weighted by Crippen LogP contribution is -2.09. The van der Waals surface area contributed by atoms with Gasteiger partial charge >= 0.3 is 0 Å². The van der Waals surface area contributed by atoms with Crippen molar-refractivity contribution in [3.05, 3.63) is 197 Å². The van der Waals surface area contributed by atoms with Crippen LogP contribution in [0.2, 0.25) is 0 Å². The molecule has 0 fully saturated rings. The van der Waals surface area contributed by atoms with Gasteiger partial charge < -0.3 is 4.90 Å². The molecule has 6 rings (SSSR count). The van der Waals surface area contributed by atoms with Gasteiger partial charge in [-0.1, -0.05) is 163 Å². The Labute approximate surface area is 256 Å². The first-order valence-corrected chi connectivity index (χ1v) is 14.7. The first-order chi connectivity index (χ1) is 21.1. The number of para-hydroxylation sites is 2. The summed E-state index contributed by atoms with van der Waals surface area (Å²) in [5.74, 6) is 0. The Hall–Kier alpha value is -5.40. The fraction of sp³-hybridized carbons (Fsp3) is 0.0476. The Kier molecular flexibility index (Phi) is 10.2. The van der Waals surface area contributed by atoms with E-state index in [2.05, 4.69) is 189 Å². The van der Waals surface area contributed by atoms with E-state index < -0.39 is 0 Å². The Morgan fingerprint density at radius 1 is 0.326 bits per heavy atom. The summed E-state index contributed by atoms with van der Waals surface area (Å²) in [5.41, 5.74) is 10.9. The number of benzene rings is 6. The summed E-state index contributed by atoms with van der Waals surface area (Å²) >= 11 is 0. The highest BCUT2D eigenvalue weighted by molar-refractivity contribution is 5.78. The van der Waals surface area contributed by atoms with Gasteiger partial charge in [-0.2, -0.15) is 0 Å². The van der Waals surface area contributed by atoms with Gasteiger partial charge in [-0.15, -0.1) is 0 Å². The molecule has 6 aromatic carbocycles. The largest absolute Gasteiger partial charge is 0.311 e. The normalized spacial score (nSPS) is 10.8. The second-order valence-electron chi connectivity index (χ2n) is 10.5. The first kappa shape index (κ1) is 29.1. The molecule has 0 aliphatic carbocycles. The molecule has 0 aliphatic rings. The zero-order valence-electron chi connectivity index (χ0n) is 24.8. The minimum absolute atomic E-state index is 1.14. The van der Waals surface area contributed by atoms with Gasteiger partial charge in [0.25, 0.3) is 0 Å². The molecule has 6 aromatic rings. The maximum Gasteiger partial charge on any atom is 0.0462 e. The molecule has 0 unspecified atom stereocenters. The van der Waals surface area contributed by atoms with Gasteiger partial charge in [-0.3, -0.25) is 0 Å². The fourth-order valence-electron chi connectivity index (χ4n) is 4.74. The Morgan fingerprint density at radius 3 is 1.23 bits per heavy atom. The summed E-state index contributed by atoms with van der Waals surface area (Å²) in [4.78, 5) is 2.27. The lowest BCUT2D eigenvalue weighted by atomic mass is 10.1. The van der Waals surface area contributed by atoms with Gasteiger partial charge in [0, 0.05) is 17.1 Å². The van der Waals surface area contributed by atoms with Crippen molar-refractivity contribution in [2.45, 2.75) is 13.8 Å². The predicted molar refractivity (Wildman–Crippen MR) is 188 cm³/mol. The summed E-state index contributed by atoms with van der Waals surface area (Å²) in [6.45, 7) is 4.22. The Balaban J connectivity index is 0.000000207. The molecule has 0 N–H and O–H groups in total. The van der Waals surface area contributed by atoms with Crippen molar-refractivity contribution in [1.82, 2.24) is 0 Å². The van der Waals surface area contributed by atoms with E-state index in [4.69, 9.17) is 0 Å².